The first-order chi connectivity index (χ1) is 8.95. The van der Waals surface area contributed by atoms with Gasteiger partial charge in [-0.1, -0.05) is 0 Å². The van der Waals surface area contributed by atoms with Crippen LogP contribution in [0.25, 0.3) is 0 Å². The van der Waals surface area contributed by atoms with Crippen molar-refractivity contribution in [2.24, 2.45) is 0 Å². The highest BCUT2D eigenvalue weighted by Crippen LogP contribution is 2.27. The van der Waals surface area contributed by atoms with Crippen LogP contribution < -0.4 is 4.90 Å². The van der Waals surface area contributed by atoms with Crippen LogP contribution in [0.15, 0.2) is 18.2 Å². The maximum absolute atomic E-state index is 13.0. The summed E-state index contributed by atoms with van der Waals surface area (Å²) in [4.78, 5) is 22.9. The van der Waals surface area contributed by atoms with Crippen molar-refractivity contribution in [3.63, 3.8) is 0 Å². The molecule has 1 aromatic rings. The zero-order valence-corrected chi connectivity index (χ0v) is 10.8. The highest BCUT2D eigenvalue weighted by Gasteiger charge is 2.18. The largest absolute Gasteiger partial charge is 0.466 e. The third-order valence-electron chi connectivity index (χ3n) is 2.50. The van der Waals surface area contributed by atoms with Crippen LogP contribution in [0, 0.1) is 15.9 Å². The maximum Gasteiger partial charge on any atom is 0.307 e. The normalized spacial score (nSPS) is 10.1. The molecule has 0 aromatic heterocycles. The van der Waals surface area contributed by atoms with E-state index in [9.17, 15) is 19.3 Å². The summed E-state index contributed by atoms with van der Waals surface area (Å²) in [5, 5.41) is 10.8. The van der Waals surface area contributed by atoms with E-state index >= 15 is 0 Å². The average molecular weight is 270 g/mol. The fourth-order valence-corrected chi connectivity index (χ4v) is 1.58. The quantitative estimate of drug-likeness (QED) is 0.450. The zero-order valence-electron chi connectivity index (χ0n) is 10.8. The summed E-state index contributed by atoms with van der Waals surface area (Å²) in [6.45, 7) is 2.25. The molecular weight excluding hydrogens is 255 g/mol. The minimum absolute atomic E-state index is 0.110. The van der Waals surface area contributed by atoms with Gasteiger partial charge >= 0.3 is 5.97 Å². The summed E-state index contributed by atoms with van der Waals surface area (Å²) in [6.07, 6.45) is 0.110. The van der Waals surface area contributed by atoms with Gasteiger partial charge in [-0.25, -0.2) is 4.39 Å². The van der Waals surface area contributed by atoms with E-state index in [1.54, 1.807) is 14.0 Å². The highest BCUT2D eigenvalue weighted by atomic mass is 19.1. The number of benzene rings is 1. The van der Waals surface area contributed by atoms with E-state index < -0.39 is 10.7 Å². The predicted octanol–water partition coefficient (Wildman–Crippen LogP) is 2.12. The summed E-state index contributed by atoms with van der Waals surface area (Å²) in [5.74, 6) is -1.05. The summed E-state index contributed by atoms with van der Waals surface area (Å²) < 4.78 is 17.8. The van der Waals surface area contributed by atoms with E-state index in [2.05, 4.69) is 0 Å². The van der Waals surface area contributed by atoms with E-state index in [-0.39, 0.29) is 30.3 Å². The Labute approximate surface area is 109 Å². The number of ether oxygens (including phenoxy) is 1. The van der Waals surface area contributed by atoms with Crippen LogP contribution in [-0.2, 0) is 9.53 Å². The Hall–Kier alpha value is -2.18. The summed E-state index contributed by atoms with van der Waals surface area (Å²) in [7, 11) is 1.60. The summed E-state index contributed by atoms with van der Waals surface area (Å²) >= 11 is 0. The molecule has 19 heavy (non-hydrogen) atoms. The van der Waals surface area contributed by atoms with Gasteiger partial charge in [0.2, 0.25) is 0 Å². The fourth-order valence-electron chi connectivity index (χ4n) is 1.58. The number of hydrogen-bond donors (Lipinski definition) is 0. The number of anilines is 1. The van der Waals surface area contributed by atoms with E-state index in [0.29, 0.717) is 6.61 Å². The minimum atomic E-state index is -0.672. The topological polar surface area (TPSA) is 72.7 Å². The molecule has 0 saturated heterocycles. The van der Waals surface area contributed by atoms with Crippen LogP contribution in [0.2, 0.25) is 0 Å². The van der Waals surface area contributed by atoms with Crippen LogP contribution in [0.4, 0.5) is 15.8 Å². The molecule has 6 nitrogen and oxygen atoms in total. The van der Waals surface area contributed by atoms with E-state index in [1.807, 2.05) is 0 Å². The Bertz CT molecular complexity index is 479. The van der Waals surface area contributed by atoms with Crippen molar-refractivity contribution in [2.75, 3.05) is 25.1 Å². The van der Waals surface area contributed by atoms with E-state index in [4.69, 9.17) is 4.74 Å². The Balaban J connectivity index is 2.79. The molecule has 0 aliphatic heterocycles. The molecule has 0 aliphatic carbocycles. The second-order valence-corrected chi connectivity index (χ2v) is 3.87. The molecular formula is C12H15FN2O4. The highest BCUT2D eigenvalue weighted by molar-refractivity contribution is 5.71. The molecule has 104 valence electrons. The fraction of sp³-hybridized carbons (Fsp3) is 0.417. The number of nitrogens with zero attached hydrogens (tertiary/aromatic N) is 2. The first-order valence-electron chi connectivity index (χ1n) is 5.76. The van der Waals surface area contributed by atoms with Gasteiger partial charge in [-0.15, -0.1) is 0 Å². The van der Waals surface area contributed by atoms with Gasteiger partial charge in [0.1, 0.15) is 11.5 Å². The third-order valence-corrected chi connectivity index (χ3v) is 2.50. The lowest BCUT2D eigenvalue weighted by molar-refractivity contribution is -0.384. The Morgan fingerprint density at radius 3 is 2.79 bits per heavy atom. The van der Waals surface area contributed by atoms with Crippen LogP contribution >= 0.6 is 0 Å². The first-order valence-corrected chi connectivity index (χ1v) is 5.76. The van der Waals surface area contributed by atoms with Crippen molar-refractivity contribution in [2.45, 2.75) is 13.3 Å². The maximum atomic E-state index is 13.0. The predicted molar refractivity (Wildman–Crippen MR) is 67.6 cm³/mol. The Kier molecular flexibility index (Phi) is 5.23. The Morgan fingerprint density at radius 1 is 1.53 bits per heavy atom. The second-order valence-electron chi connectivity index (χ2n) is 3.87. The van der Waals surface area contributed by atoms with Crippen molar-refractivity contribution in [1.82, 2.24) is 0 Å². The number of nitro groups is 1. The van der Waals surface area contributed by atoms with Crippen molar-refractivity contribution < 1.29 is 18.8 Å². The standard InChI is InChI=1S/C12H15FN2O4/c1-3-19-12(16)6-7-14(2)10-5-4-9(13)8-11(10)15(17)18/h4-5,8H,3,6-7H2,1-2H3. The smallest absolute Gasteiger partial charge is 0.307 e. The molecule has 0 heterocycles. The van der Waals surface area contributed by atoms with Gasteiger partial charge in [0.05, 0.1) is 24.0 Å². The molecule has 1 aromatic carbocycles. The average Bonchev–Trinajstić information content (AvgIpc) is 2.36. The van der Waals surface area contributed by atoms with Crippen molar-refractivity contribution in [3.8, 4) is 0 Å². The molecule has 1 rings (SSSR count). The lowest BCUT2D eigenvalue weighted by atomic mass is 10.2. The van der Waals surface area contributed by atoms with Crippen molar-refractivity contribution >= 4 is 17.3 Å². The molecule has 0 spiro atoms. The molecule has 0 atom stereocenters. The molecule has 7 heteroatoms. The second kappa shape index (κ2) is 6.67. The number of rotatable bonds is 6. The van der Waals surface area contributed by atoms with Crippen molar-refractivity contribution in [1.29, 1.82) is 0 Å². The summed E-state index contributed by atoms with van der Waals surface area (Å²) in [6, 6.07) is 3.32. The number of nitro benzene ring substituents is 1. The van der Waals surface area contributed by atoms with Gasteiger partial charge in [-0.3, -0.25) is 14.9 Å². The van der Waals surface area contributed by atoms with Crippen LogP contribution in [-0.4, -0.2) is 31.1 Å². The van der Waals surface area contributed by atoms with Crippen LogP contribution in [0.5, 0.6) is 0 Å². The van der Waals surface area contributed by atoms with Gasteiger partial charge in [-0.2, -0.15) is 0 Å². The molecule has 0 radical (unpaired) electrons. The van der Waals surface area contributed by atoms with Crippen LogP contribution in [0.3, 0.4) is 0 Å². The van der Waals surface area contributed by atoms with Gasteiger partial charge in [0, 0.05) is 13.6 Å². The molecule has 0 saturated carbocycles. The third kappa shape index (κ3) is 4.20. The van der Waals surface area contributed by atoms with Crippen LogP contribution in [0.1, 0.15) is 13.3 Å². The minimum Gasteiger partial charge on any atom is -0.466 e. The lowest BCUT2D eigenvalue weighted by Crippen LogP contribution is -2.22. The molecule has 0 aliphatic rings. The number of hydrogen-bond acceptors (Lipinski definition) is 5. The molecule has 0 bridgehead atoms. The number of esters is 1. The number of carbonyl (C=O) groups is 1. The van der Waals surface area contributed by atoms with E-state index in [0.717, 1.165) is 12.1 Å². The molecule has 0 amide bonds. The van der Waals surface area contributed by atoms with Gasteiger partial charge < -0.3 is 9.64 Å². The van der Waals surface area contributed by atoms with E-state index in [1.165, 1.54) is 11.0 Å². The molecule has 0 unspecified atom stereocenters. The first kappa shape index (κ1) is 14.9. The number of carbonyl (C=O) groups excluding carboxylic acids is 1. The Morgan fingerprint density at radius 2 is 2.21 bits per heavy atom. The molecule has 0 N–H and O–H groups in total. The number of halogens is 1. The monoisotopic (exact) mass is 270 g/mol. The van der Waals surface area contributed by atoms with Crippen molar-refractivity contribution in [3.05, 3.63) is 34.1 Å². The zero-order chi connectivity index (χ0) is 14.4. The molecule has 0 fully saturated rings. The van der Waals surface area contributed by atoms with Gasteiger partial charge in [0.15, 0.2) is 0 Å². The summed E-state index contributed by atoms with van der Waals surface area (Å²) in [5.41, 5.74) is -0.0675. The lowest BCUT2D eigenvalue weighted by Gasteiger charge is -2.18. The van der Waals surface area contributed by atoms with Gasteiger partial charge in [-0.05, 0) is 19.1 Å². The SMILES string of the molecule is CCOC(=O)CCN(C)c1ccc(F)cc1[N+](=O)[O-]. The van der Waals surface area contributed by atoms with Gasteiger partial charge in [0.25, 0.3) is 5.69 Å².